The van der Waals surface area contributed by atoms with Crippen molar-refractivity contribution < 1.29 is 64.6 Å². The van der Waals surface area contributed by atoms with Gasteiger partial charge in [-0.05, 0) is 145 Å². The van der Waals surface area contributed by atoms with Crippen LogP contribution in [-0.2, 0) is 64.6 Å². The number of fused-ring (bicyclic) bond motifs is 2. The van der Waals surface area contributed by atoms with Crippen LogP contribution < -0.4 is 0 Å². The third-order valence-electron chi connectivity index (χ3n) is 21.9. The molecule has 89 heavy (non-hydrogen) atoms. The van der Waals surface area contributed by atoms with E-state index in [-0.39, 0.29) is 128 Å². The molecule has 4 aliphatic rings. The molecule has 0 N–H and O–H groups in total. The van der Waals surface area contributed by atoms with Crippen LogP contribution in [0, 0.1) is 0 Å². The Morgan fingerprint density at radius 3 is 0.933 bits per heavy atom. The average Bonchev–Trinajstić information content (AvgIpc) is 0.868. The first-order chi connectivity index (χ1) is 39.7. The zero-order chi connectivity index (χ0) is 69.3. The maximum absolute atomic E-state index is 12.4. The van der Waals surface area contributed by atoms with Gasteiger partial charge in [-0.25, -0.2) is 0 Å². The second-order valence-corrected chi connectivity index (χ2v) is 70.9. The molecule has 522 valence electrons. The van der Waals surface area contributed by atoms with Crippen LogP contribution in [0.15, 0.2) is 21.9 Å². The Balaban J connectivity index is 0.000000466. The van der Waals surface area contributed by atoms with Crippen molar-refractivity contribution in [1.82, 2.24) is 0 Å². The number of hydrogen-bond acceptors (Lipinski definition) is 14. The lowest BCUT2D eigenvalue weighted by Crippen LogP contribution is -2.69. The molecule has 4 fully saturated rings. The fourth-order valence-electron chi connectivity index (χ4n) is 9.85. The molecule has 0 amide bonds. The number of hydrogen-bond donors (Lipinski definition) is 0. The van der Waals surface area contributed by atoms with Gasteiger partial charge in [0.15, 0.2) is 49.9 Å². The van der Waals surface area contributed by atoms with Gasteiger partial charge in [0.05, 0.1) is 71.8 Å². The van der Waals surface area contributed by atoms with Crippen LogP contribution >= 0.6 is 22.6 Å². The number of rotatable bonds is 21. The standard InChI is InChI=1S/C35H72O7Si4.C32H63IO7Si3/c1-33(2,3)44(14,15)40-27(22-23-43(11,12)13)30-32(42-46(18,19)35(7,8)9)31(41-45(16,17)34(4,5)6)29-26(39-30)21-20-25(38-29)24-28(36)37-10;1-30(2,3)41(11,12)38-24(19-20-33)27-29(40-43(15,16)32(7,8)9)28(39-42(13,14)31(4,5)6)26-23(37-27)18-17-22(36-26)21-25(34)35-10/h22-23,25-27,29-32H,20-21,24H2,1-19H3;19-20,22-24,26-29H,17-18,21H2,1-16H3/b23-22+;20-19+/t25?,26-,27-,29-,30-,31-,32+;22?,23-,24-,26-,27-,28-,29+/m00/s1. The number of ether oxygens (including phenoxy) is 6. The molecule has 0 aromatic rings. The molecule has 0 saturated carbocycles. The SMILES string of the molecule is COC(=O)CC1CC[C@@H]2O[C@@H]([C@H](/C=C/I)O[Si](C)(C)C(C)(C)C)[C@@H](O[Si](C)(C)C(C)(C)C)[C@@H](O[Si](C)(C)C(C)(C)C)[C@H]2O1.COC(=O)CC1CC[C@@H]2O[C@@H]([C@H](/C=C/[Si](C)(C)C)O[Si](C)(C)C(C)(C)C)[C@@H](O[Si](C)(C)C(C)(C)C)[C@@H](O[Si](C)(C)C(C)(C)C)[C@H]2O1. The zero-order valence-corrected chi connectivity index (χ0v) is 72.4. The number of esters is 2. The number of methoxy groups -OCH3 is 2. The second kappa shape index (κ2) is 30.6. The van der Waals surface area contributed by atoms with Crippen molar-refractivity contribution >= 4 is 92.5 Å². The van der Waals surface area contributed by atoms with Gasteiger partial charge in [0.1, 0.15) is 48.8 Å². The molecular weight excluding hydrogens is 1350 g/mol. The van der Waals surface area contributed by atoms with Crippen LogP contribution in [0.25, 0.3) is 0 Å². The van der Waals surface area contributed by atoms with E-state index >= 15 is 0 Å². The summed E-state index contributed by atoms with van der Waals surface area (Å²) >= 11 is 2.29. The van der Waals surface area contributed by atoms with E-state index < -0.39 is 70.2 Å². The highest BCUT2D eigenvalue weighted by Gasteiger charge is 2.60. The summed E-state index contributed by atoms with van der Waals surface area (Å²) in [7, 11) is -12.4. The highest BCUT2D eigenvalue weighted by Crippen LogP contribution is 2.50. The summed E-state index contributed by atoms with van der Waals surface area (Å²) in [5.41, 5.74) is 2.40. The highest BCUT2D eigenvalue weighted by molar-refractivity contribution is 14.1. The predicted octanol–water partition coefficient (Wildman–Crippen LogP) is 18.5. The van der Waals surface area contributed by atoms with Gasteiger partial charge in [0.2, 0.25) is 0 Å². The summed E-state index contributed by atoms with van der Waals surface area (Å²) in [5.74, 6) is -0.516. The van der Waals surface area contributed by atoms with Crippen LogP contribution in [0.4, 0.5) is 0 Å². The molecule has 4 heterocycles. The molecular formula is C67H135IO14Si7. The molecule has 2 unspecified atom stereocenters. The van der Waals surface area contributed by atoms with E-state index in [4.69, 9.17) is 55.0 Å². The molecule has 4 aliphatic heterocycles. The Morgan fingerprint density at radius 2 is 0.685 bits per heavy atom. The van der Waals surface area contributed by atoms with E-state index in [9.17, 15) is 9.59 Å². The van der Waals surface area contributed by atoms with Crippen molar-refractivity contribution in [2.45, 2.75) is 377 Å². The van der Waals surface area contributed by atoms with Crippen molar-refractivity contribution in [1.29, 1.82) is 0 Å². The van der Waals surface area contributed by atoms with Gasteiger partial charge in [-0.15, -0.1) is 0 Å². The minimum atomic E-state index is -2.34. The van der Waals surface area contributed by atoms with Crippen LogP contribution in [0.1, 0.15) is 163 Å². The normalized spacial score (nSPS) is 28.6. The Hall–Kier alpha value is 0.268. The van der Waals surface area contributed by atoms with E-state index in [2.05, 4.69) is 263 Å². The Kier molecular flexibility index (Phi) is 28.7. The first kappa shape index (κ1) is 83.5. The lowest BCUT2D eigenvalue weighted by Gasteiger charge is -2.56. The van der Waals surface area contributed by atoms with Gasteiger partial charge in [-0.3, -0.25) is 9.59 Å². The quantitative estimate of drug-likeness (QED) is 0.0610. The Labute approximate surface area is 566 Å². The fraction of sp³-hybridized carbons (Fsp3) is 0.910. The van der Waals surface area contributed by atoms with Gasteiger partial charge in [0, 0.05) is 0 Å². The number of carbonyl (C=O) groups is 2. The van der Waals surface area contributed by atoms with Crippen molar-refractivity contribution in [2.75, 3.05) is 14.2 Å². The lowest BCUT2D eigenvalue weighted by molar-refractivity contribution is -0.267. The van der Waals surface area contributed by atoms with Crippen molar-refractivity contribution in [3.63, 3.8) is 0 Å². The summed E-state index contributed by atoms with van der Waals surface area (Å²) < 4.78 is 84.1. The molecule has 22 heteroatoms. The van der Waals surface area contributed by atoms with Crippen molar-refractivity contribution in [2.24, 2.45) is 0 Å². The molecule has 0 aromatic carbocycles. The summed E-state index contributed by atoms with van der Waals surface area (Å²) in [4.78, 5) is 24.6. The predicted molar refractivity (Wildman–Crippen MR) is 394 cm³/mol. The number of carbonyl (C=O) groups excluding carboxylic acids is 2. The smallest absolute Gasteiger partial charge is 0.308 e. The van der Waals surface area contributed by atoms with Crippen molar-refractivity contribution in [3.05, 3.63) is 21.9 Å². The molecule has 0 spiro atoms. The number of halogens is 1. The highest BCUT2D eigenvalue weighted by atomic mass is 127. The molecule has 0 radical (unpaired) electrons. The van der Waals surface area contributed by atoms with E-state index in [1.807, 2.05) is 4.08 Å². The van der Waals surface area contributed by atoms with Crippen LogP contribution in [0.2, 0.25) is 128 Å². The third kappa shape index (κ3) is 22.4. The van der Waals surface area contributed by atoms with Crippen LogP contribution in [0.5, 0.6) is 0 Å². The molecule has 14 nitrogen and oxygen atoms in total. The van der Waals surface area contributed by atoms with Gasteiger partial charge in [0.25, 0.3) is 0 Å². The molecule has 14 atom stereocenters. The minimum absolute atomic E-state index is 0.0168. The Bertz CT molecular complexity index is 2330. The molecule has 4 saturated heterocycles. The van der Waals surface area contributed by atoms with Crippen LogP contribution in [0.3, 0.4) is 0 Å². The van der Waals surface area contributed by atoms with E-state index in [1.54, 1.807) is 0 Å². The first-order valence-electron chi connectivity index (χ1n) is 33.5. The zero-order valence-electron chi connectivity index (χ0n) is 63.2. The summed E-state index contributed by atoms with van der Waals surface area (Å²) in [5, 5.41) is -0.0309. The maximum Gasteiger partial charge on any atom is 0.308 e. The summed E-state index contributed by atoms with van der Waals surface area (Å²) in [6, 6.07) is 0. The molecule has 4 rings (SSSR count). The minimum Gasteiger partial charge on any atom is -0.469 e. The van der Waals surface area contributed by atoms with Crippen LogP contribution in [-0.4, -0.2) is 170 Å². The van der Waals surface area contributed by atoms with Gasteiger partial charge in [-0.1, -0.05) is 179 Å². The van der Waals surface area contributed by atoms with Gasteiger partial charge >= 0.3 is 11.9 Å². The fourth-order valence-corrected chi connectivity index (χ4v) is 18.7. The average molecular weight is 1490 g/mol. The summed E-state index contributed by atoms with van der Waals surface area (Å²) in [6.07, 6.45) is 3.38. The monoisotopic (exact) mass is 1490 g/mol. The molecule has 0 aromatic heterocycles. The Morgan fingerprint density at radius 1 is 0.416 bits per heavy atom. The van der Waals surface area contributed by atoms with Crippen molar-refractivity contribution in [3.8, 4) is 0 Å². The summed E-state index contributed by atoms with van der Waals surface area (Å²) in [6.45, 7) is 75.6. The van der Waals surface area contributed by atoms with Gasteiger partial charge in [-0.2, -0.15) is 0 Å². The topological polar surface area (TPSA) is 145 Å². The molecule has 0 bridgehead atoms. The lowest BCUT2D eigenvalue weighted by atomic mass is 9.87. The van der Waals surface area contributed by atoms with Gasteiger partial charge < -0.3 is 55.0 Å². The molecule has 0 aliphatic carbocycles. The maximum atomic E-state index is 12.4. The largest absolute Gasteiger partial charge is 0.469 e. The van der Waals surface area contributed by atoms with E-state index in [1.165, 1.54) is 14.2 Å². The first-order valence-corrected chi connectivity index (χ1v) is 55.8. The third-order valence-corrected chi connectivity index (χ3v) is 50.4. The second-order valence-electron chi connectivity index (χ2n) is 36.5. The van der Waals surface area contributed by atoms with E-state index in [0.717, 1.165) is 25.7 Å². The van der Waals surface area contributed by atoms with E-state index in [0.29, 0.717) is 0 Å².